The van der Waals surface area contributed by atoms with Crippen LogP contribution in [0.5, 0.6) is 10.8 Å². The van der Waals surface area contributed by atoms with Gasteiger partial charge in [-0.25, -0.2) is 0 Å². The van der Waals surface area contributed by atoms with Gasteiger partial charge in [0.25, 0.3) is 0 Å². The summed E-state index contributed by atoms with van der Waals surface area (Å²) in [6.07, 6.45) is 6.84. The van der Waals surface area contributed by atoms with E-state index in [-0.39, 0.29) is 48.9 Å². The molecule has 55 heavy (non-hydrogen) atoms. The van der Waals surface area contributed by atoms with E-state index in [4.69, 9.17) is 9.72 Å². The fraction of sp³-hybridized carbons (Fsp3) is 0.447. The van der Waals surface area contributed by atoms with Gasteiger partial charge < -0.3 is 9.84 Å². The van der Waals surface area contributed by atoms with E-state index in [0.29, 0.717) is 0 Å². The van der Waals surface area contributed by atoms with E-state index in [2.05, 4.69) is 115 Å². The molecular formula is C47H62IrNO3SSi2-. The van der Waals surface area contributed by atoms with Crippen LogP contribution in [0.15, 0.2) is 72.6 Å². The summed E-state index contributed by atoms with van der Waals surface area (Å²) in [5, 5.41) is 17.6. The van der Waals surface area contributed by atoms with E-state index < -0.39 is 16.1 Å². The minimum absolute atomic E-state index is 0. The van der Waals surface area contributed by atoms with Crippen LogP contribution in [-0.4, -0.2) is 32.0 Å². The molecule has 3 aromatic carbocycles. The van der Waals surface area contributed by atoms with Gasteiger partial charge in [-0.2, -0.15) is 0 Å². The number of aromatic nitrogens is 1. The van der Waals surface area contributed by atoms with Crippen LogP contribution in [0.25, 0.3) is 32.1 Å². The summed E-state index contributed by atoms with van der Waals surface area (Å²) in [5.41, 5.74) is 4.55. The molecule has 2 aromatic heterocycles. The summed E-state index contributed by atoms with van der Waals surface area (Å²) in [5.74, 6) is 1.52. The van der Waals surface area contributed by atoms with Crippen LogP contribution < -0.4 is 15.1 Å². The molecule has 1 N–H and O–H groups in total. The molecular weight excluding hydrogens is 907 g/mol. The third-order valence-corrected chi connectivity index (χ3v) is 20.5. The molecule has 0 spiro atoms. The number of nitrogens with zero attached hydrogens (tertiary/aromatic N) is 1. The molecule has 6 rings (SSSR count). The number of carbonyl (C=O) groups is 1. The number of ether oxygens (including phenoxy) is 1. The van der Waals surface area contributed by atoms with E-state index in [9.17, 15) is 9.90 Å². The van der Waals surface area contributed by atoms with Crippen molar-refractivity contribution in [2.45, 2.75) is 125 Å². The summed E-state index contributed by atoms with van der Waals surface area (Å²) in [6, 6.07) is 26.5. The maximum Gasteiger partial charge on any atom is 0.184 e. The SMILES string of the molecule is CCC(CC)C(=O)/C=C(\O)C(CC)CC.Cc1c(Oc2ccc3c(c2)[Si](C)(C)CC[Si]3(C)C)sc2c(-c3[c-]c4ccccc4c(C(C)(C)C)c3)nccc12.[Ir]. The second kappa shape index (κ2) is 18.1. The maximum atomic E-state index is 11.7. The number of pyridine rings is 1. The molecule has 0 saturated heterocycles. The van der Waals surface area contributed by atoms with Crippen LogP contribution in [0.2, 0.25) is 38.3 Å². The number of hydrogen-bond acceptors (Lipinski definition) is 5. The Morgan fingerprint density at radius 1 is 0.891 bits per heavy atom. The van der Waals surface area contributed by atoms with Crippen LogP contribution in [0.1, 0.15) is 85.3 Å². The number of fused-ring (bicyclic) bond motifs is 3. The summed E-state index contributed by atoms with van der Waals surface area (Å²) in [4.78, 5) is 16.6. The van der Waals surface area contributed by atoms with Crippen molar-refractivity contribution in [3.63, 3.8) is 0 Å². The number of aliphatic hydroxyl groups excluding tert-OH is 1. The fourth-order valence-corrected chi connectivity index (χ4v) is 19.3. The molecule has 0 fully saturated rings. The van der Waals surface area contributed by atoms with Gasteiger partial charge in [0.2, 0.25) is 0 Å². The zero-order valence-corrected chi connectivity index (χ0v) is 40.4. The molecule has 0 aliphatic carbocycles. The van der Waals surface area contributed by atoms with Gasteiger partial charge in [0.15, 0.2) is 10.8 Å². The first kappa shape index (κ1) is 44.8. The summed E-state index contributed by atoms with van der Waals surface area (Å²) >= 11 is 1.71. The first-order valence-electron chi connectivity index (χ1n) is 20.1. The van der Waals surface area contributed by atoms with Gasteiger partial charge in [-0.3, -0.25) is 9.78 Å². The molecule has 0 bridgehead atoms. The van der Waals surface area contributed by atoms with E-state index >= 15 is 0 Å². The van der Waals surface area contributed by atoms with Crippen LogP contribution >= 0.6 is 11.3 Å². The molecule has 1 aliphatic heterocycles. The second-order valence-electron chi connectivity index (χ2n) is 17.5. The molecule has 1 radical (unpaired) electrons. The standard InChI is InChI=1S/C34H38NOSSi2.C13H24O2.Ir/c1-22-26-15-16-35-31(24-19-23-11-9-10-12-27(23)28(20-24)34(2,3)4)32(26)37-33(22)36-25-13-14-29-30(21-25)39(7,8)18-17-38(29,5)6;1-5-10(6-2)12(14)9-13(15)11(7-3)8-4;/h9-16,20-21H,17-18H2,1-8H3;9-11,14H,5-8H2,1-4H3;/q-1;;/b;12-9-;. The fourth-order valence-electron chi connectivity index (χ4n) is 7.91. The quantitative estimate of drug-likeness (QED) is 0.0656. The minimum Gasteiger partial charge on any atom is -0.512 e. The minimum atomic E-state index is -1.45. The zero-order chi connectivity index (χ0) is 39.6. The molecule has 297 valence electrons. The number of benzene rings is 3. The Morgan fingerprint density at radius 3 is 2.13 bits per heavy atom. The van der Waals surface area contributed by atoms with Crippen LogP contribution in [0.3, 0.4) is 0 Å². The van der Waals surface area contributed by atoms with Gasteiger partial charge in [-0.1, -0.05) is 132 Å². The second-order valence-corrected chi connectivity index (χ2v) is 28.1. The molecule has 0 unspecified atom stereocenters. The number of thiophene rings is 1. The Labute approximate surface area is 350 Å². The Bertz CT molecular complexity index is 2160. The average Bonchev–Trinajstić information content (AvgIpc) is 3.45. The third kappa shape index (κ3) is 9.81. The predicted molar refractivity (Wildman–Crippen MR) is 239 cm³/mol. The molecule has 0 saturated carbocycles. The summed E-state index contributed by atoms with van der Waals surface area (Å²) in [7, 11) is -2.81. The largest absolute Gasteiger partial charge is 0.512 e. The average molecular weight is 969 g/mol. The topological polar surface area (TPSA) is 59.4 Å². The maximum absolute atomic E-state index is 11.7. The molecule has 5 aromatic rings. The summed E-state index contributed by atoms with van der Waals surface area (Å²) < 4.78 is 7.84. The van der Waals surface area contributed by atoms with Crippen molar-refractivity contribution in [1.82, 2.24) is 4.98 Å². The predicted octanol–water partition coefficient (Wildman–Crippen LogP) is 13.0. The smallest absolute Gasteiger partial charge is 0.184 e. The Balaban J connectivity index is 0.000000360. The first-order chi connectivity index (χ1) is 25.4. The van der Waals surface area contributed by atoms with Gasteiger partial charge in [0, 0.05) is 60.2 Å². The van der Waals surface area contributed by atoms with Crippen molar-refractivity contribution in [3.05, 3.63) is 89.8 Å². The molecule has 0 amide bonds. The Hall–Kier alpha value is -2.88. The number of allylic oxidation sites excluding steroid dienone is 2. The third-order valence-electron chi connectivity index (χ3n) is 11.8. The molecule has 8 heteroatoms. The number of aryl methyl sites for hydroxylation is 1. The van der Waals surface area contributed by atoms with Crippen molar-refractivity contribution in [3.8, 4) is 22.1 Å². The van der Waals surface area contributed by atoms with Crippen molar-refractivity contribution in [2.75, 3.05) is 0 Å². The van der Waals surface area contributed by atoms with E-state index in [1.807, 2.05) is 33.9 Å². The molecule has 0 atom stereocenters. The van der Waals surface area contributed by atoms with Crippen LogP contribution in [0.4, 0.5) is 0 Å². The monoisotopic (exact) mass is 969 g/mol. The van der Waals surface area contributed by atoms with E-state index in [1.54, 1.807) is 21.7 Å². The van der Waals surface area contributed by atoms with Gasteiger partial charge >= 0.3 is 0 Å². The first-order valence-corrected chi connectivity index (χ1v) is 27.3. The number of ketones is 1. The Kier molecular flexibility index (Phi) is 14.8. The van der Waals surface area contributed by atoms with Gasteiger partial charge in [-0.05, 0) is 61.6 Å². The van der Waals surface area contributed by atoms with Crippen molar-refractivity contribution in [1.29, 1.82) is 0 Å². The van der Waals surface area contributed by atoms with Crippen molar-refractivity contribution < 1.29 is 34.7 Å². The van der Waals surface area contributed by atoms with Crippen LogP contribution in [0, 0.1) is 24.8 Å². The Morgan fingerprint density at radius 2 is 1.51 bits per heavy atom. The molecule has 1 aliphatic rings. The molecule has 3 heterocycles. The van der Waals surface area contributed by atoms with Crippen molar-refractivity contribution >= 4 is 64.5 Å². The van der Waals surface area contributed by atoms with E-state index in [0.717, 1.165) is 57.8 Å². The number of rotatable bonds is 10. The van der Waals surface area contributed by atoms with Crippen molar-refractivity contribution in [2.24, 2.45) is 11.8 Å². The van der Waals surface area contributed by atoms with E-state index in [1.165, 1.54) is 40.1 Å². The zero-order valence-electron chi connectivity index (χ0n) is 35.2. The van der Waals surface area contributed by atoms with Gasteiger partial charge in [-0.15, -0.1) is 40.5 Å². The number of hydrogen-bond donors (Lipinski definition) is 1. The number of carbonyl (C=O) groups excluding carboxylic acids is 1. The van der Waals surface area contributed by atoms with Gasteiger partial charge in [0.1, 0.15) is 5.75 Å². The van der Waals surface area contributed by atoms with Gasteiger partial charge in [0.05, 0.1) is 21.9 Å². The normalized spacial score (nSPS) is 15.1. The molecule has 4 nitrogen and oxygen atoms in total. The summed E-state index contributed by atoms with van der Waals surface area (Å²) in [6.45, 7) is 27.2. The van der Waals surface area contributed by atoms with Crippen LogP contribution in [-0.2, 0) is 30.3 Å². The number of aliphatic hydroxyl groups is 1.